The Morgan fingerprint density at radius 3 is 2.42 bits per heavy atom. The molecule has 4 rings (SSSR count). The Bertz CT molecular complexity index is 1060. The lowest BCUT2D eigenvalue weighted by atomic mass is 10.0. The highest BCUT2D eigenvalue weighted by molar-refractivity contribution is 6.04. The molecular formula is C20H18N4O2. The molecule has 0 spiro atoms. The standard InChI is InChI=1S/C20H18N4O2/c1-13-3-2-4-16(11-13)24-20(26)12-18(23-24)15-7-5-14(6-8-15)17-9-10-19(25)22-21-17/h2-8,11-12,23H,9-10H2,1H3,(H,22,25). The molecule has 0 aliphatic carbocycles. The van der Waals surface area contributed by atoms with E-state index >= 15 is 0 Å². The Hall–Kier alpha value is -3.41. The molecule has 0 saturated carbocycles. The maximum Gasteiger partial charge on any atom is 0.271 e. The highest BCUT2D eigenvalue weighted by Gasteiger charge is 2.13. The number of aryl methyl sites for hydroxylation is 1. The molecule has 2 N–H and O–H groups in total. The maximum atomic E-state index is 12.3. The Balaban J connectivity index is 1.63. The van der Waals surface area contributed by atoms with E-state index in [1.54, 1.807) is 6.07 Å². The Labute approximate surface area is 150 Å². The fourth-order valence-electron chi connectivity index (χ4n) is 3.03. The van der Waals surface area contributed by atoms with Crippen LogP contribution >= 0.6 is 0 Å². The number of nitrogens with zero attached hydrogens (tertiary/aromatic N) is 2. The fraction of sp³-hybridized carbons (Fsp3) is 0.150. The molecule has 1 amide bonds. The van der Waals surface area contributed by atoms with Crippen LogP contribution in [0.2, 0.25) is 0 Å². The molecule has 130 valence electrons. The molecule has 26 heavy (non-hydrogen) atoms. The van der Waals surface area contributed by atoms with Crippen LogP contribution in [0.25, 0.3) is 16.9 Å². The van der Waals surface area contributed by atoms with Crippen LogP contribution < -0.4 is 11.0 Å². The third kappa shape index (κ3) is 3.09. The fourth-order valence-corrected chi connectivity index (χ4v) is 3.03. The molecule has 2 aromatic carbocycles. The first kappa shape index (κ1) is 16.1. The molecule has 2 heterocycles. The molecule has 0 bridgehead atoms. The molecule has 0 atom stereocenters. The van der Waals surface area contributed by atoms with E-state index in [0.29, 0.717) is 12.8 Å². The van der Waals surface area contributed by atoms with E-state index in [2.05, 4.69) is 15.6 Å². The van der Waals surface area contributed by atoms with Gasteiger partial charge >= 0.3 is 0 Å². The molecule has 1 aliphatic heterocycles. The minimum atomic E-state index is -0.103. The van der Waals surface area contributed by atoms with Crippen molar-refractivity contribution >= 4 is 11.6 Å². The van der Waals surface area contributed by atoms with Crippen LogP contribution in [0.15, 0.2) is 64.5 Å². The second-order valence-corrected chi connectivity index (χ2v) is 6.35. The predicted molar refractivity (Wildman–Crippen MR) is 100 cm³/mol. The van der Waals surface area contributed by atoms with Gasteiger partial charge in [0.05, 0.1) is 17.1 Å². The van der Waals surface area contributed by atoms with E-state index < -0.39 is 0 Å². The van der Waals surface area contributed by atoms with Crippen molar-refractivity contribution in [2.24, 2.45) is 5.10 Å². The first-order valence-corrected chi connectivity index (χ1v) is 8.45. The first-order chi connectivity index (χ1) is 12.6. The van der Waals surface area contributed by atoms with E-state index in [-0.39, 0.29) is 11.5 Å². The molecular weight excluding hydrogens is 328 g/mol. The highest BCUT2D eigenvalue weighted by Crippen LogP contribution is 2.19. The third-order valence-electron chi connectivity index (χ3n) is 4.41. The van der Waals surface area contributed by atoms with Crippen LogP contribution in [0.1, 0.15) is 24.0 Å². The van der Waals surface area contributed by atoms with Gasteiger partial charge < -0.3 is 0 Å². The average Bonchev–Trinajstić information content (AvgIpc) is 3.04. The number of hydrogen-bond acceptors (Lipinski definition) is 3. The van der Waals surface area contributed by atoms with Crippen molar-refractivity contribution in [3.8, 4) is 16.9 Å². The van der Waals surface area contributed by atoms with Crippen LogP contribution in [0, 0.1) is 6.92 Å². The van der Waals surface area contributed by atoms with Crippen molar-refractivity contribution in [1.82, 2.24) is 15.2 Å². The highest BCUT2D eigenvalue weighted by atomic mass is 16.2. The first-order valence-electron chi connectivity index (χ1n) is 8.45. The summed E-state index contributed by atoms with van der Waals surface area (Å²) in [5.74, 6) is -0.0552. The molecule has 0 saturated heterocycles. The van der Waals surface area contributed by atoms with E-state index in [0.717, 1.165) is 33.8 Å². The van der Waals surface area contributed by atoms with Gasteiger partial charge in [0.1, 0.15) is 0 Å². The van der Waals surface area contributed by atoms with E-state index in [9.17, 15) is 9.59 Å². The van der Waals surface area contributed by atoms with Gasteiger partial charge in [-0.3, -0.25) is 14.7 Å². The van der Waals surface area contributed by atoms with E-state index in [4.69, 9.17) is 0 Å². The zero-order chi connectivity index (χ0) is 18.1. The van der Waals surface area contributed by atoms with Gasteiger partial charge in [-0.1, -0.05) is 36.4 Å². The monoisotopic (exact) mass is 346 g/mol. The summed E-state index contributed by atoms with van der Waals surface area (Å²) in [4.78, 5) is 23.5. The second-order valence-electron chi connectivity index (χ2n) is 6.35. The molecule has 0 radical (unpaired) electrons. The van der Waals surface area contributed by atoms with Gasteiger partial charge in [0.25, 0.3) is 5.56 Å². The zero-order valence-corrected chi connectivity index (χ0v) is 14.3. The number of H-pyrrole nitrogens is 1. The summed E-state index contributed by atoms with van der Waals surface area (Å²) < 4.78 is 1.54. The van der Waals surface area contributed by atoms with Gasteiger partial charge in [-0.2, -0.15) is 5.10 Å². The van der Waals surface area contributed by atoms with Gasteiger partial charge in [0.15, 0.2) is 0 Å². The predicted octanol–water partition coefficient (Wildman–Crippen LogP) is 2.76. The number of benzene rings is 2. The van der Waals surface area contributed by atoms with Crippen LogP contribution in [0.3, 0.4) is 0 Å². The van der Waals surface area contributed by atoms with Crippen molar-refractivity contribution in [3.63, 3.8) is 0 Å². The average molecular weight is 346 g/mol. The van der Waals surface area contributed by atoms with Crippen LogP contribution in [-0.2, 0) is 4.79 Å². The minimum absolute atomic E-state index is 0.0552. The number of carbonyl (C=O) groups is 1. The largest absolute Gasteiger partial charge is 0.290 e. The summed E-state index contributed by atoms with van der Waals surface area (Å²) >= 11 is 0. The van der Waals surface area contributed by atoms with Crippen molar-refractivity contribution in [2.75, 3.05) is 0 Å². The second kappa shape index (κ2) is 6.48. The van der Waals surface area contributed by atoms with E-state index in [1.807, 2.05) is 55.5 Å². The number of rotatable bonds is 3. The van der Waals surface area contributed by atoms with Crippen LogP contribution in [0.5, 0.6) is 0 Å². The summed E-state index contributed by atoms with van der Waals surface area (Å²) in [5.41, 5.74) is 7.81. The topological polar surface area (TPSA) is 79.2 Å². The smallest absolute Gasteiger partial charge is 0.271 e. The Morgan fingerprint density at radius 1 is 0.962 bits per heavy atom. The van der Waals surface area contributed by atoms with Crippen molar-refractivity contribution < 1.29 is 4.79 Å². The zero-order valence-electron chi connectivity index (χ0n) is 14.3. The van der Waals surface area contributed by atoms with Gasteiger partial charge in [-0.15, -0.1) is 0 Å². The van der Waals surface area contributed by atoms with Gasteiger partial charge in [-0.25, -0.2) is 10.1 Å². The number of hydrazone groups is 1. The number of carbonyl (C=O) groups excluding carboxylic acids is 1. The molecule has 1 aromatic heterocycles. The summed E-state index contributed by atoms with van der Waals surface area (Å²) in [6.07, 6.45) is 1.08. The van der Waals surface area contributed by atoms with Crippen molar-refractivity contribution in [3.05, 3.63) is 76.1 Å². The summed E-state index contributed by atoms with van der Waals surface area (Å²) in [6, 6.07) is 17.2. The quantitative estimate of drug-likeness (QED) is 0.765. The molecule has 0 unspecified atom stereocenters. The van der Waals surface area contributed by atoms with Gasteiger partial charge in [0, 0.05) is 18.9 Å². The normalized spacial score (nSPS) is 14.0. The third-order valence-corrected chi connectivity index (χ3v) is 4.41. The number of aromatic nitrogens is 2. The molecule has 6 heteroatoms. The van der Waals surface area contributed by atoms with Gasteiger partial charge in [-0.05, 0) is 35.7 Å². The van der Waals surface area contributed by atoms with Crippen LogP contribution in [0.4, 0.5) is 0 Å². The lowest BCUT2D eigenvalue weighted by molar-refractivity contribution is -0.121. The Kier molecular flexibility index (Phi) is 4.01. The SMILES string of the molecule is Cc1cccc(-n2[nH]c(-c3ccc(C4=NNC(=O)CC4)cc3)cc2=O)c1. The number of nitrogens with one attached hydrogen (secondary N) is 2. The summed E-state index contributed by atoms with van der Waals surface area (Å²) in [7, 11) is 0. The van der Waals surface area contributed by atoms with Crippen LogP contribution in [-0.4, -0.2) is 21.4 Å². The number of aromatic amines is 1. The van der Waals surface area contributed by atoms with Gasteiger partial charge in [0.2, 0.25) is 5.91 Å². The summed E-state index contributed by atoms with van der Waals surface area (Å²) in [5, 5.41) is 7.27. The van der Waals surface area contributed by atoms with Crippen molar-refractivity contribution in [1.29, 1.82) is 0 Å². The van der Waals surface area contributed by atoms with E-state index in [1.165, 1.54) is 4.68 Å². The number of amides is 1. The lowest BCUT2D eigenvalue weighted by Crippen LogP contribution is -2.25. The number of hydrogen-bond donors (Lipinski definition) is 2. The molecule has 3 aromatic rings. The summed E-state index contributed by atoms with van der Waals surface area (Å²) in [6.45, 7) is 1.99. The molecule has 0 fully saturated rings. The van der Waals surface area contributed by atoms with Crippen molar-refractivity contribution in [2.45, 2.75) is 19.8 Å². The maximum absolute atomic E-state index is 12.3. The Morgan fingerprint density at radius 2 is 1.73 bits per heavy atom. The lowest BCUT2D eigenvalue weighted by Gasteiger charge is -2.12. The minimum Gasteiger partial charge on any atom is -0.290 e. The molecule has 1 aliphatic rings. The molecule has 6 nitrogen and oxygen atoms in total.